The first-order valence-electron chi connectivity index (χ1n) is 8.27. The van der Waals surface area contributed by atoms with Crippen molar-refractivity contribution in [1.29, 1.82) is 0 Å². The van der Waals surface area contributed by atoms with Gasteiger partial charge in [-0.05, 0) is 43.3 Å². The highest BCUT2D eigenvalue weighted by Gasteiger charge is 2.24. The molecule has 150 valence electrons. The summed E-state index contributed by atoms with van der Waals surface area (Å²) in [4.78, 5) is 24.3. The third-order valence-electron chi connectivity index (χ3n) is 3.81. The number of hydrogen-bond donors (Lipinski definition) is 1. The Morgan fingerprint density at radius 2 is 1.64 bits per heavy atom. The second-order valence-corrected chi connectivity index (χ2v) is 7.46. The van der Waals surface area contributed by atoms with Crippen LogP contribution >= 0.6 is 0 Å². The minimum atomic E-state index is -3.94. The molecular weight excluding hydrogens is 386 g/mol. The molecule has 8 nitrogen and oxygen atoms in total. The van der Waals surface area contributed by atoms with Gasteiger partial charge in [-0.25, -0.2) is 8.42 Å². The number of hydrogen-bond acceptors (Lipinski definition) is 7. The summed E-state index contributed by atoms with van der Waals surface area (Å²) in [5, 5.41) is 0. The molecule has 1 atom stereocenters. The van der Waals surface area contributed by atoms with Gasteiger partial charge >= 0.3 is 5.97 Å². The van der Waals surface area contributed by atoms with Crippen LogP contribution in [0.15, 0.2) is 53.4 Å². The van der Waals surface area contributed by atoms with E-state index < -0.39 is 34.4 Å². The van der Waals surface area contributed by atoms with E-state index in [1.165, 1.54) is 45.4 Å². The zero-order valence-corrected chi connectivity index (χ0v) is 16.5. The number of methoxy groups -OCH3 is 2. The Hall–Kier alpha value is -2.91. The van der Waals surface area contributed by atoms with Crippen LogP contribution in [0.1, 0.15) is 17.3 Å². The average Bonchev–Trinajstić information content (AvgIpc) is 2.71. The normalized spacial score (nSPS) is 12.1. The van der Waals surface area contributed by atoms with E-state index in [-0.39, 0.29) is 10.5 Å². The summed E-state index contributed by atoms with van der Waals surface area (Å²) < 4.78 is 41.9. The van der Waals surface area contributed by atoms with Crippen molar-refractivity contribution in [2.45, 2.75) is 17.9 Å². The first kappa shape index (κ1) is 21.4. The molecule has 0 fully saturated rings. The maximum atomic E-state index is 12.3. The maximum Gasteiger partial charge on any atom is 0.324 e. The number of carbonyl (C=O) groups is 2. The number of sulfonamides is 1. The number of Topliss-reactive ketones (excluding diaryl/α,β-unsaturated/α-hetero) is 1. The fourth-order valence-corrected chi connectivity index (χ4v) is 3.51. The van der Waals surface area contributed by atoms with Crippen LogP contribution in [0, 0.1) is 0 Å². The number of esters is 1. The van der Waals surface area contributed by atoms with Gasteiger partial charge in [-0.3, -0.25) is 9.59 Å². The summed E-state index contributed by atoms with van der Waals surface area (Å²) in [6.07, 6.45) is 0. The van der Waals surface area contributed by atoms with Gasteiger partial charge in [0.25, 0.3) is 0 Å². The number of ketones is 1. The summed E-state index contributed by atoms with van der Waals surface area (Å²) in [6, 6.07) is 11.0. The largest absolute Gasteiger partial charge is 0.497 e. The van der Waals surface area contributed by atoms with Gasteiger partial charge < -0.3 is 14.2 Å². The summed E-state index contributed by atoms with van der Waals surface area (Å²) in [5.41, 5.74) is 0.268. The SMILES string of the molecule is COc1ccc(S(=O)(=O)N[C@@H](C)C(=O)OCC(=O)c2ccccc2OC)cc1. The molecule has 0 aliphatic heterocycles. The summed E-state index contributed by atoms with van der Waals surface area (Å²) in [7, 11) is -1.05. The summed E-state index contributed by atoms with van der Waals surface area (Å²) in [5.74, 6) is -0.477. The molecule has 2 aromatic rings. The molecule has 9 heteroatoms. The van der Waals surface area contributed by atoms with Crippen LogP contribution in [-0.2, 0) is 19.6 Å². The van der Waals surface area contributed by atoms with Crippen LogP contribution in [0.5, 0.6) is 11.5 Å². The molecule has 0 unspecified atom stereocenters. The number of rotatable bonds is 9. The second-order valence-electron chi connectivity index (χ2n) is 5.75. The molecule has 28 heavy (non-hydrogen) atoms. The number of benzene rings is 2. The number of carbonyl (C=O) groups excluding carboxylic acids is 2. The van der Waals surface area contributed by atoms with Gasteiger partial charge in [0, 0.05) is 0 Å². The van der Waals surface area contributed by atoms with Gasteiger partial charge in [0.05, 0.1) is 24.7 Å². The molecule has 0 saturated carbocycles. The predicted octanol–water partition coefficient (Wildman–Crippen LogP) is 1.80. The third-order valence-corrected chi connectivity index (χ3v) is 5.36. The fraction of sp³-hybridized carbons (Fsp3) is 0.263. The molecule has 2 rings (SSSR count). The van der Waals surface area contributed by atoms with Crippen molar-refractivity contribution in [3.63, 3.8) is 0 Å². The smallest absolute Gasteiger partial charge is 0.324 e. The van der Waals surface area contributed by atoms with E-state index in [1.807, 2.05) is 0 Å². The highest BCUT2D eigenvalue weighted by Crippen LogP contribution is 2.18. The second kappa shape index (κ2) is 9.34. The Balaban J connectivity index is 1.97. The van der Waals surface area contributed by atoms with E-state index >= 15 is 0 Å². The highest BCUT2D eigenvalue weighted by molar-refractivity contribution is 7.89. The lowest BCUT2D eigenvalue weighted by molar-refractivity contribution is -0.144. The van der Waals surface area contributed by atoms with E-state index in [9.17, 15) is 18.0 Å². The first-order chi connectivity index (χ1) is 13.3. The topological polar surface area (TPSA) is 108 Å². The van der Waals surface area contributed by atoms with Crippen LogP contribution in [0.4, 0.5) is 0 Å². The first-order valence-corrected chi connectivity index (χ1v) is 9.76. The van der Waals surface area contributed by atoms with Crippen molar-refractivity contribution in [2.24, 2.45) is 0 Å². The van der Waals surface area contributed by atoms with Crippen molar-refractivity contribution in [2.75, 3.05) is 20.8 Å². The molecule has 0 spiro atoms. The molecule has 0 heterocycles. The van der Waals surface area contributed by atoms with E-state index in [0.717, 1.165) is 0 Å². The quantitative estimate of drug-likeness (QED) is 0.499. The van der Waals surface area contributed by atoms with E-state index in [1.54, 1.807) is 24.3 Å². The van der Waals surface area contributed by atoms with Crippen LogP contribution in [0.3, 0.4) is 0 Å². The zero-order chi connectivity index (χ0) is 20.7. The van der Waals surface area contributed by atoms with Crippen LogP contribution in [0.2, 0.25) is 0 Å². The van der Waals surface area contributed by atoms with Gasteiger partial charge in [0.1, 0.15) is 17.5 Å². The minimum absolute atomic E-state index is 0.0296. The van der Waals surface area contributed by atoms with Gasteiger partial charge in [-0.2, -0.15) is 4.72 Å². The summed E-state index contributed by atoms with van der Waals surface area (Å²) in [6.45, 7) is 0.796. The number of ether oxygens (including phenoxy) is 3. The highest BCUT2D eigenvalue weighted by atomic mass is 32.2. The van der Waals surface area contributed by atoms with Crippen molar-refractivity contribution < 1.29 is 32.2 Å². The monoisotopic (exact) mass is 407 g/mol. The van der Waals surface area contributed by atoms with E-state index in [4.69, 9.17) is 14.2 Å². The Kier molecular flexibility index (Phi) is 7.13. The number of nitrogens with one attached hydrogen (secondary N) is 1. The molecular formula is C19H21NO7S. The Labute approximate surface area is 163 Å². The van der Waals surface area contributed by atoms with Gasteiger partial charge in [0.15, 0.2) is 6.61 Å². The standard InChI is InChI=1S/C19H21NO7S/c1-13(20-28(23,24)15-10-8-14(25-2)9-11-15)19(22)27-12-17(21)16-6-4-5-7-18(16)26-3/h4-11,13,20H,12H2,1-3H3/t13-/m0/s1. The summed E-state index contributed by atoms with van der Waals surface area (Å²) >= 11 is 0. The van der Waals surface area contributed by atoms with Gasteiger partial charge in [-0.15, -0.1) is 0 Å². The van der Waals surface area contributed by atoms with Crippen molar-refractivity contribution >= 4 is 21.8 Å². The fourth-order valence-electron chi connectivity index (χ4n) is 2.32. The lowest BCUT2D eigenvalue weighted by Gasteiger charge is -2.14. The molecule has 2 aromatic carbocycles. The third kappa shape index (κ3) is 5.30. The van der Waals surface area contributed by atoms with Crippen LogP contribution in [-0.4, -0.2) is 47.0 Å². The number of para-hydroxylation sites is 1. The maximum absolute atomic E-state index is 12.3. The molecule has 1 N–H and O–H groups in total. The molecule has 0 aliphatic rings. The molecule has 0 aromatic heterocycles. The molecule has 0 aliphatic carbocycles. The van der Waals surface area contributed by atoms with Crippen molar-refractivity contribution in [3.8, 4) is 11.5 Å². The zero-order valence-electron chi connectivity index (χ0n) is 15.7. The van der Waals surface area contributed by atoms with Crippen molar-refractivity contribution in [1.82, 2.24) is 4.72 Å². The van der Waals surface area contributed by atoms with Crippen LogP contribution < -0.4 is 14.2 Å². The molecule has 0 radical (unpaired) electrons. The van der Waals surface area contributed by atoms with Crippen LogP contribution in [0.25, 0.3) is 0 Å². The Morgan fingerprint density at radius 1 is 1.00 bits per heavy atom. The van der Waals surface area contributed by atoms with E-state index in [2.05, 4.69) is 4.72 Å². The predicted molar refractivity (Wildman–Crippen MR) is 101 cm³/mol. The lowest BCUT2D eigenvalue weighted by atomic mass is 10.1. The van der Waals surface area contributed by atoms with E-state index in [0.29, 0.717) is 11.5 Å². The lowest BCUT2D eigenvalue weighted by Crippen LogP contribution is -2.40. The molecule has 0 bridgehead atoms. The Bertz CT molecular complexity index is 939. The minimum Gasteiger partial charge on any atom is -0.497 e. The molecule has 0 saturated heterocycles. The van der Waals surface area contributed by atoms with Crippen molar-refractivity contribution in [3.05, 3.63) is 54.1 Å². The average molecular weight is 407 g/mol. The Morgan fingerprint density at radius 3 is 2.25 bits per heavy atom. The molecule has 0 amide bonds. The van der Waals surface area contributed by atoms with Gasteiger partial charge in [-0.1, -0.05) is 12.1 Å². The van der Waals surface area contributed by atoms with Gasteiger partial charge in [0.2, 0.25) is 15.8 Å².